The zero-order chi connectivity index (χ0) is 21.7. The summed E-state index contributed by atoms with van der Waals surface area (Å²) in [6.07, 6.45) is 3.92. The zero-order valence-electron chi connectivity index (χ0n) is 16.8. The molecule has 1 aromatic rings. The van der Waals surface area contributed by atoms with Gasteiger partial charge in [0.25, 0.3) is 0 Å². The Kier molecular flexibility index (Phi) is 5.61. The van der Waals surface area contributed by atoms with Crippen molar-refractivity contribution in [1.29, 1.82) is 0 Å². The lowest BCUT2D eigenvalue weighted by molar-refractivity contribution is -0.167. The van der Waals surface area contributed by atoms with Gasteiger partial charge in [0, 0.05) is 18.5 Å². The highest BCUT2D eigenvalue weighted by atomic mass is 35.5. The van der Waals surface area contributed by atoms with E-state index in [1.807, 2.05) is 0 Å². The van der Waals surface area contributed by atoms with Crippen molar-refractivity contribution in [3.05, 3.63) is 29.3 Å². The van der Waals surface area contributed by atoms with Gasteiger partial charge in [-0.3, -0.25) is 9.59 Å². The highest BCUT2D eigenvalue weighted by Gasteiger charge is 2.59. The van der Waals surface area contributed by atoms with Gasteiger partial charge >= 0.3 is 5.97 Å². The SMILES string of the molecule is CC(CNS(=O)(=O)c1ccccc1Cl)C(=O)NC1C2CC3CC1CC(C(=O)O)(C3)C2. The number of hydrogen-bond donors (Lipinski definition) is 3. The van der Waals surface area contributed by atoms with Crippen LogP contribution in [0, 0.1) is 29.1 Å². The largest absolute Gasteiger partial charge is 0.481 e. The van der Waals surface area contributed by atoms with Crippen LogP contribution in [0.15, 0.2) is 29.2 Å². The van der Waals surface area contributed by atoms with E-state index in [1.165, 1.54) is 12.1 Å². The van der Waals surface area contributed by atoms with Gasteiger partial charge in [-0.1, -0.05) is 30.7 Å². The van der Waals surface area contributed by atoms with E-state index in [1.54, 1.807) is 19.1 Å². The third-order valence-corrected chi connectivity index (χ3v) is 9.11. The first kappa shape index (κ1) is 21.6. The maximum absolute atomic E-state index is 12.8. The number of carbonyl (C=O) groups is 2. The van der Waals surface area contributed by atoms with Crippen LogP contribution in [0.1, 0.15) is 39.0 Å². The van der Waals surface area contributed by atoms with Crippen LogP contribution in [0.2, 0.25) is 5.02 Å². The Labute approximate surface area is 181 Å². The second-order valence-corrected chi connectivity index (χ2v) is 11.4. The van der Waals surface area contributed by atoms with Gasteiger partial charge in [0.2, 0.25) is 15.9 Å². The number of hydrogen-bond acceptors (Lipinski definition) is 4. The molecule has 0 aliphatic heterocycles. The third kappa shape index (κ3) is 3.85. The number of aliphatic carboxylic acids is 1. The second-order valence-electron chi connectivity index (χ2n) is 9.27. The first-order valence-corrected chi connectivity index (χ1v) is 12.3. The quantitative estimate of drug-likeness (QED) is 0.586. The van der Waals surface area contributed by atoms with Gasteiger partial charge in [-0.25, -0.2) is 13.1 Å². The average molecular weight is 455 g/mol. The second kappa shape index (κ2) is 7.80. The van der Waals surface area contributed by atoms with E-state index >= 15 is 0 Å². The number of carboxylic acid groups (broad SMARTS) is 1. The molecule has 1 amide bonds. The Balaban J connectivity index is 1.37. The van der Waals surface area contributed by atoms with E-state index in [0.717, 1.165) is 19.3 Å². The molecule has 164 valence electrons. The summed E-state index contributed by atoms with van der Waals surface area (Å²) in [5, 5.41) is 13.0. The summed E-state index contributed by atoms with van der Waals surface area (Å²) in [5.74, 6) is -0.668. The molecule has 4 fully saturated rings. The smallest absolute Gasteiger partial charge is 0.309 e. The number of nitrogens with one attached hydrogen (secondary N) is 2. The summed E-state index contributed by atoms with van der Waals surface area (Å²) >= 11 is 5.98. The molecule has 5 rings (SSSR count). The van der Waals surface area contributed by atoms with Crippen LogP contribution >= 0.6 is 11.6 Å². The van der Waals surface area contributed by atoms with Crippen molar-refractivity contribution in [3.8, 4) is 0 Å². The Morgan fingerprint density at radius 3 is 2.43 bits per heavy atom. The molecule has 4 aliphatic rings. The van der Waals surface area contributed by atoms with Crippen LogP contribution in [0.3, 0.4) is 0 Å². The predicted octanol–water partition coefficient (Wildman–Crippen LogP) is 2.65. The number of halogens is 1. The molecule has 0 spiro atoms. The number of amides is 1. The van der Waals surface area contributed by atoms with E-state index in [9.17, 15) is 23.1 Å². The fraction of sp³-hybridized carbons (Fsp3) is 0.619. The third-order valence-electron chi connectivity index (χ3n) is 7.19. The number of sulfonamides is 1. The molecule has 0 heterocycles. The summed E-state index contributed by atoms with van der Waals surface area (Å²) in [6, 6.07) is 6.14. The maximum Gasteiger partial charge on any atom is 0.309 e. The molecule has 1 aromatic carbocycles. The topological polar surface area (TPSA) is 113 Å². The van der Waals surface area contributed by atoms with E-state index in [0.29, 0.717) is 18.8 Å². The van der Waals surface area contributed by atoms with Gasteiger partial charge < -0.3 is 10.4 Å². The van der Waals surface area contributed by atoms with Crippen molar-refractivity contribution in [3.63, 3.8) is 0 Å². The van der Waals surface area contributed by atoms with E-state index in [2.05, 4.69) is 10.0 Å². The maximum atomic E-state index is 12.8. The number of rotatable bonds is 7. The summed E-state index contributed by atoms with van der Waals surface area (Å²) in [7, 11) is -3.81. The van der Waals surface area contributed by atoms with E-state index in [4.69, 9.17) is 11.6 Å². The Morgan fingerprint density at radius 1 is 1.20 bits per heavy atom. The molecule has 0 saturated heterocycles. The van der Waals surface area contributed by atoms with Gasteiger partial charge in [-0.15, -0.1) is 0 Å². The molecule has 7 nitrogen and oxygen atoms in total. The van der Waals surface area contributed by atoms with Crippen molar-refractivity contribution in [2.45, 2.75) is 50.0 Å². The fourth-order valence-electron chi connectivity index (χ4n) is 5.90. The molecule has 30 heavy (non-hydrogen) atoms. The molecule has 4 aliphatic carbocycles. The lowest BCUT2D eigenvalue weighted by Gasteiger charge is -2.58. The lowest BCUT2D eigenvalue weighted by atomic mass is 9.48. The normalized spacial score (nSPS) is 33.3. The summed E-state index contributed by atoms with van der Waals surface area (Å²) in [4.78, 5) is 24.6. The molecule has 0 aromatic heterocycles. The summed E-state index contributed by atoms with van der Waals surface area (Å²) < 4.78 is 27.4. The van der Waals surface area contributed by atoms with E-state index in [-0.39, 0.29) is 40.2 Å². The molecule has 3 N–H and O–H groups in total. The number of carbonyl (C=O) groups excluding carboxylic acids is 1. The van der Waals surface area contributed by atoms with Crippen molar-refractivity contribution in [1.82, 2.24) is 10.0 Å². The van der Waals surface area contributed by atoms with Gasteiger partial charge in [-0.2, -0.15) is 0 Å². The number of carboxylic acids is 1. The molecule has 0 radical (unpaired) electrons. The molecule has 9 heteroatoms. The first-order chi connectivity index (χ1) is 14.1. The van der Waals surface area contributed by atoms with Crippen LogP contribution in [0.25, 0.3) is 0 Å². The van der Waals surface area contributed by atoms with Crippen LogP contribution in [-0.2, 0) is 19.6 Å². The van der Waals surface area contributed by atoms with Crippen molar-refractivity contribution in [2.75, 3.05) is 6.54 Å². The lowest BCUT2D eigenvalue weighted by Crippen LogP contribution is -2.61. The van der Waals surface area contributed by atoms with Gasteiger partial charge in [0.1, 0.15) is 4.90 Å². The Morgan fingerprint density at radius 2 is 1.83 bits per heavy atom. The zero-order valence-corrected chi connectivity index (χ0v) is 18.4. The van der Waals surface area contributed by atoms with Crippen LogP contribution in [0.5, 0.6) is 0 Å². The molecule has 3 atom stereocenters. The van der Waals surface area contributed by atoms with Crippen molar-refractivity contribution >= 4 is 33.5 Å². The molecular weight excluding hydrogens is 428 g/mol. The molecular formula is C21H27ClN2O5S. The minimum atomic E-state index is -3.81. The molecule has 4 saturated carbocycles. The van der Waals surface area contributed by atoms with Crippen molar-refractivity contribution in [2.24, 2.45) is 29.1 Å². The Bertz CT molecular complexity index is 950. The summed E-state index contributed by atoms with van der Waals surface area (Å²) in [6.45, 7) is 1.64. The fourth-order valence-corrected chi connectivity index (χ4v) is 7.54. The minimum absolute atomic E-state index is 0.0146. The molecule has 3 unspecified atom stereocenters. The standard InChI is InChI=1S/C21H27ClN2O5S/c1-12(11-23-30(28,29)17-5-3-2-4-16(17)22)19(25)24-18-14-6-13-7-15(18)10-21(8-13,9-14)20(26)27/h2-5,12-15,18,23H,6-11H2,1H3,(H,24,25)(H,26,27). The van der Waals surface area contributed by atoms with Crippen LogP contribution in [-0.4, -0.2) is 38.0 Å². The first-order valence-electron chi connectivity index (χ1n) is 10.4. The van der Waals surface area contributed by atoms with Gasteiger partial charge in [-0.05, 0) is 62.0 Å². The van der Waals surface area contributed by atoms with Crippen molar-refractivity contribution < 1.29 is 23.1 Å². The van der Waals surface area contributed by atoms with Gasteiger partial charge in [0.15, 0.2) is 0 Å². The molecule has 4 bridgehead atoms. The van der Waals surface area contributed by atoms with Crippen LogP contribution in [0.4, 0.5) is 0 Å². The minimum Gasteiger partial charge on any atom is -0.481 e. The monoisotopic (exact) mass is 454 g/mol. The highest BCUT2D eigenvalue weighted by Crippen LogP contribution is 2.60. The van der Waals surface area contributed by atoms with Crippen LogP contribution < -0.4 is 10.0 Å². The number of benzene rings is 1. The van der Waals surface area contributed by atoms with E-state index < -0.39 is 27.3 Å². The predicted molar refractivity (Wildman–Crippen MR) is 111 cm³/mol. The average Bonchev–Trinajstić information content (AvgIpc) is 2.68. The van der Waals surface area contributed by atoms with Gasteiger partial charge in [0.05, 0.1) is 10.4 Å². The Hall–Kier alpha value is -1.64. The highest BCUT2D eigenvalue weighted by molar-refractivity contribution is 7.89. The summed E-state index contributed by atoms with van der Waals surface area (Å²) in [5.41, 5.74) is -0.617.